The highest BCUT2D eigenvalue weighted by Gasteiger charge is 2.25. The summed E-state index contributed by atoms with van der Waals surface area (Å²) >= 11 is 3.29. The van der Waals surface area contributed by atoms with Crippen molar-refractivity contribution in [1.29, 1.82) is 0 Å². The van der Waals surface area contributed by atoms with Gasteiger partial charge in [-0.25, -0.2) is 17.6 Å². The molecule has 1 N–H and O–H groups in total. The zero-order valence-corrected chi connectivity index (χ0v) is 18.2. The number of benzene rings is 3. The zero-order valence-electron chi connectivity index (χ0n) is 15.8. The van der Waals surface area contributed by atoms with Crippen LogP contribution in [0.25, 0.3) is 0 Å². The molecule has 0 aliphatic rings. The van der Waals surface area contributed by atoms with E-state index in [0.717, 1.165) is 29.8 Å². The Hall–Kier alpha value is -2.91. The van der Waals surface area contributed by atoms with E-state index in [4.69, 9.17) is 9.47 Å². The van der Waals surface area contributed by atoms with Crippen molar-refractivity contribution in [3.63, 3.8) is 0 Å². The minimum Gasteiger partial charge on any atom is -0.495 e. The fourth-order valence-corrected chi connectivity index (χ4v) is 4.22. The van der Waals surface area contributed by atoms with Gasteiger partial charge in [0.25, 0.3) is 10.0 Å². The van der Waals surface area contributed by atoms with E-state index in [1.807, 2.05) is 18.2 Å². The van der Waals surface area contributed by atoms with Crippen LogP contribution in [0.4, 0.5) is 10.1 Å². The number of methoxy groups -OCH3 is 1. The molecular formula is C21H17BrFNO5S. The third kappa shape index (κ3) is 4.98. The van der Waals surface area contributed by atoms with Crippen molar-refractivity contribution >= 4 is 37.6 Å². The van der Waals surface area contributed by atoms with E-state index in [1.54, 1.807) is 12.1 Å². The van der Waals surface area contributed by atoms with E-state index >= 15 is 0 Å². The Morgan fingerprint density at radius 1 is 1.03 bits per heavy atom. The van der Waals surface area contributed by atoms with Crippen LogP contribution in [0.3, 0.4) is 0 Å². The number of hydrogen-bond acceptors (Lipinski definition) is 5. The van der Waals surface area contributed by atoms with Crippen LogP contribution in [-0.4, -0.2) is 21.5 Å². The molecule has 9 heteroatoms. The van der Waals surface area contributed by atoms with Crippen LogP contribution in [0.1, 0.15) is 15.9 Å². The van der Waals surface area contributed by atoms with Gasteiger partial charge in [-0.15, -0.1) is 0 Å². The Kier molecular flexibility index (Phi) is 6.73. The van der Waals surface area contributed by atoms with Crippen molar-refractivity contribution in [3.05, 3.63) is 88.1 Å². The minimum absolute atomic E-state index is 0.000503. The van der Waals surface area contributed by atoms with E-state index in [-0.39, 0.29) is 28.5 Å². The molecule has 30 heavy (non-hydrogen) atoms. The van der Waals surface area contributed by atoms with E-state index in [1.165, 1.54) is 19.2 Å². The molecule has 0 aliphatic heterocycles. The molecule has 0 amide bonds. The highest BCUT2D eigenvalue weighted by atomic mass is 79.9. The molecule has 0 unspecified atom stereocenters. The average Bonchev–Trinajstić information content (AvgIpc) is 2.74. The van der Waals surface area contributed by atoms with Gasteiger partial charge >= 0.3 is 5.97 Å². The standard InChI is InChI=1S/C21H17BrFNO5S/c1-28-20-17(22)11-12-18(24-30(26,27)16-9-7-15(23)8-10-16)19(20)21(25)29-13-14-5-3-2-4-6-14/h2-12,24H,13H2,1H3. The Bertz CT molecular complexity index is 1150. The van der Waals surface area contributed by atoms with Gasteiger partial charge in [-0.3, -0.25) is 4.72 Å². The van der Waals surface area contributed by atoms with Crippen molar-refractivity contribution in [1.82, 2.24) is 0 Å². The van der Waals surface area contributed by atoms with Crippen LogP contribution < -0.4 is 9.46 Å². The van der Waals surface area contributed by atoms with Crippen LogP contribution in [0, 0.1) is 5.82 Å². The lowest BCUT2D eigenvalue weighted by atomic mass is 10.1. The lowest BCUT2D eigenvalue weighted by molar-refractivity contribution is 0.0470. The zero-order chi connectivity index (χ0) is 21.7. The Balaban J connectivity index is 1.94. The SMILES string of the molecule is COc1c(Br)ccc(NS(=O)(=O)c2ccc(F)cc2)c1C(=O)OCc1ccccc1. The molecule has 0 saturated carbocycles. The van der Waals surface area contributed by atoms with Gasteiger partial charge < -0.3 is 9.47 Å². The van der Waals surface area contributed by atoms with Gasteiger partial charge in [0, 0.05) is 0 Å². The summed E-state index contributed by atoms with van der Waals surface area (Å²) in [6.45, 7) is -0.000503. The van der Waals surface area contributed by atoms with Crippen LogP contribution in [0.15, 0.2) is 76.1 Å². The number of sulfonamides is 1. The van der Waals surface area contributed by atoms with Gasteiger partial charge in [0.2, 0.25) is 0 Å². The first-order valence-corrected chi connectivity index (χ1v) is 11.0. The predicted octanol–water partition coefficient (Wildman–Crippen LogP) is 4.75. The van der Waals surface area contributed by atoms with Crippen molar-refractivity contribution < 1.29 is 27.1 Å². The van der Waals surface area contributed by atoms with Crippen molar-refractivity contribution in [2.24, 2.45) is 0 Å². The van der Waals surface area contributed by atoms with Crippen LogP contribution in [0.5, 0.6) is 5.75 Å². The smallest absolute Gasteiger partial charge is 0.344 e. The molecule has 0 saturated heterocycles. The van der Waals surface area contributed by atoms with E-state index in [2.05, 4.69) is 20.7 Å². The van der Waals surface area contributed by atoms with Crippen LogP contribution in [-0.2, 0) is 21.4 Å². The fourth-order valence-electron chi connectivity index (χ4n) is 2.66. The molecule has 0 aromatic heterocycles. The molecule has 0 heterocycles. The molecule has 156 valence electrons. The van der Waals surface area contributed by atoms with Gasteiger partial charge in [0.05, 0.1) is 22.2 Å². The lowest BCUT2D eigenvalue weighted by Crippen LogP contribution is -2.17. The summed E-state index contributed by atoms with van der Waals surface area (Å²) in [5.41, 5.74) is 0.652. The third-order valence-corrected chi connectivity index (χ3v) is 6.10. The molecule has 0 aliphatic carbocycles. The predicted molar refractivity (Wildman–Crippen MR) is 113 cm³/mol. The summed E-state index contributed by atoms with van der Waals surface area (Å²) < 4.78 is 52.0. The molecular weight excluding hydrogens is 477 g/mol. The maximum absolute atomic E-state index is 13.1. The van der Waals surface area contributed by atoms with E-state index in [0.29, 0.717) is 4.47 Å². The number of carbonyl (C=O) groups is 1. The monoisotopic (exact) mass is 493 g/mol. The van der Waals surface area contributed by atoms with Gasteiger partial charge in [0.15, 0.2) is 0 Å². The topological polar surface area (TPSA) is 81.7 Å². The second-order valence-corrected chi connectivity index (χ2v) is 8.66. The number of halogens is 2. The Labute approximate surface area is 181 Å². The molecule has 6 nitrogen and oxygen atoms in total. The highest BCUT2D eigenvalue weighted by molar-refractivity contribution is 9.10. The highest BCUT2D eigenvalue weighted by Crippen LogP contribution is 2.36. The number of carbonyl (C=O) groups excluding carboxylic acids is 1. The van der Waals surface area contributed by atoms with Gasteiger partial charge in [-0.2, -0.15) is 0 Å². The van der Waals surface area contributed by atoms with Crippen LogP contribution >= 0.6 is 15.9 Å². The molecule has 3 aromatic rings. The van der Waals surface area contributed by atoms with Crippen molar-refractivity contribution in [3.8, 4) is 5.75 Å². The molecule has 0 bridgehead atoms. The minimum atomic E-state index is -4.09. The molecule has 0 radical (unpaired) electrons. The maximum atomic E-state index is 13.1. The summed E-state index contributed by atoms with van der Waals surface area (Å²) in [4.78, 5) is 12.7. The summed E-state index contributed by atoms with van der Waals surface area (Å²) in [7, 11) is -2.73. The Morgan fingerprint density at radius 3 is 2.33 bits per heavy atom. The second-order valence-electron chi connectivity index (χ2n) is 6.12. The number of ether oxygens (including phenoxy) is 2. The van der Waals surface area contributed by atoms with Gasteiger partial charge in [0.1, 0.15) is 23.7 Å². The van der Waals surface area contributed by atoms with Crippen LogP contribution in [0.2, 0.25) is 0 Å². The third-order valence-electron chi connectivity index (χ3n) is 4.10. The molecule has 0 spiro atoms. The summed E-state index contributed by atoms with van der Waals surface area (Å²) in [5.74, 6) is -1.22. The molecule has 3 rings (SSSR count). The first-order valence-electron chi connectivity index (χ1n) is 8.68. The first-order chi connectivity index (χ1) is 14.3. The number of anilines is 1. The number of esters is 1. The summed E-state index contributed by atoms with van der Waals surface area (Å²) in [6.07, 6.45) is 0. The maximum Gasteiger partial charge on any atom is 0.344 e. The van der Waals surface area contributed by atoms with Crippen molar-refractivity contribution in [2.45, 2.75) is 11.5 Å². The first kappa shape index (κ1) is 21.8. The van der Waals surface area contributed by atoms with Gasteiger partial charge in [-0.1, -0.05) is 30.3 Å². The number of nitrogens with one attached hydrogen (secondary N) is 1. The van der Waals surface area contributed by atoms with E-state index < -0.39 is 21.8 Å². The molecule has 3 aromatic carbocycles. The van der Waals surface area contributed by atoms with Gasteiger partial charge in [-0.05, 0) is 57.9 Å². The number of rotatable bonds is 7. The fraction of sp³-hybridized carbons (Fsp3) is 0.0952. The molecule has 0 fully saturated rings. The second kappa shape index (κ2) is 9.27. The molecule has 0 atom stereocenters. The Morgan fingerprint density at radius 2 is 1.70 bits per heavy atom. The largest absolute Gasteiger partial charge is 0.495 e. The summed E-state index contributed by atoms with van der Waals surface area (Å²) in [5, 5.41) is 0. The lowest BCUT2D eigenvalue weighted by Gasteiger charge is -2.16. The summed E-state index contributed by atoms with van der Waals surface area (Å²) in [6, 6.07) is 16.3. The quantitative estimate of drug-likeness (QED) is 0.480. The normalized spacial score (nSPS) is 11.0. The van der Waals surface area contributed by atoms with Crippen molar-refractivity contribution in [2.75, 3.05) is 11.8 Å². The average molecular weight is 494 g/mol. The van der Waals surface area contributed by atoms with E-state index in [9.17, 15) is 17.6 Å². The number of hydrogen-bond donors (Lipinski definition) is 1.